The van der Waals surface area contributed by atoms with E-state index in [0.29, 0.717) is 17.0 Å². The van der Waals surface area contributed by atoms with Gasteiger partial charge in [0.15, 0.2) is 0 Å². The molecular weight excluding hydrogens is 160 g/mol. The molecule has 1 heterocycles. The van der Waals surface area contributed by atoms with Crippen LogP contribution in [0.1, 0.15) is 40.0 Å². The molecule has 2 nitrogen and oxygen atoms in total. The molecule has 13 heavy (non-hydrogen) atoms. The molecule has 2 heteroatoms. The number of nitrogens with two attached hydrogens (primary N) is 1. The minimum atomic E-state index is 0.351. The van der Waals surface area contributed by atoms with Crippen molar-refractivity contribution in [2.45, 2.75) is 51.6 Å². The Kier molecular flexibility index (Phi) is 1.97. The van der Waals surface area contributed by atoms with Crippen LogP contribution in [0.3, 0.4) is 0 Å². The van der Waals surface area contributed by atoms with Crippen molar-refractivity contribution in [1.29, 1.82) is 0 Å². The topological polar surface area (TPSA) is 29.3 Å². The highest BCUT2D eigenvalue weighted by Crippen LogP contribution is 2.53. The molecule has 0 amide bonds. The van der Waals surface area contributed by atoms with Gasteiger partial charge in [0.25, 0.3) is 0 Å². The molecule has 1 saturated carbocycles. The fourth-order valence-electron chi connectivity index (χ4n) is 2.37. The van der Waals surface area contributed by atoms with Gasteiger partial charge in [-0.3, -0.25) is 4.90 Å². The van der Waals surface area contributed by atoms with Gasteiger partial charge in [-0.15, -0.1) is 0 Å². The van der Waals surface area contributed by atoms with Crippen molar-refractivity contribution in [2.24, 2.45) is 11.1 Å². The second kappa shape index (κ2) is 2.71. The van der Waals surface area contributed by atoms with E-state index in [1.807, 2.05) is 0 Å². The van der Waals surface area contributed by atoms with Gasteiger partial charge in [0.05, 0.1) is 0 Å². The minimum absolute atomic E-state index is 0.351. The van der Waals surface area contributed by atoms with E-state index in [1.165, 1.54) is 25.8 Å². The van der Waals surface area contributed by atoms with E-state index >= 15 is 0 Å². The summed E-state index contributed by atoms with van der Waals surface area (Å²) in [6, 6.07) is 0.443. The first-order valence-electron chi connectivity index (χ1n) is 5.51. The molecule has 1 aliphatic heterocycles. The molecule has 0 aromatic carbocycles. The van der Waals surface area contributed by atoms with Crippen LogP contribution in [0.2, 0.25) is 0 Å². The quantitative estimate of drug-likeness (QED) is 0.703. The summed E-state index contributed by atoms with van der Waals surface area (Å²) in [5.41, 5.74) is 7.06. The zero-order valence-electron chi connectivity index (χ0n) is 9.14. The van der Waals surface area contributed by atoms with Gasteiger partial charge in [0.2, 0.25) is 0 Å². The maximum atomic E-state index is 6.18. The fourth-order valence-corrected chi connectivity index (χ4v) is 2.37. The Morgan fingerprint density at radius 1 is 1.46 bits per heavy atom. The smallest absolute Gasteiger partial charge is 0.0237 e. The molecular formula is C11H22N2. The predicted molar refractivity (Wildman–Crippen MR) is 55.6 cm³/mol. The first-order chi connectivity index (χ1) is 6.00. The van der Waals surface area contributed by atoms with E-state index in [4.69, 9.17) is 5.73 Å². The maximum absolute atomic E-state index is 6.18. The van der Waals surface area contributed by atoms with Crippen LogP contribution < -0.4 is 5.73 Å². The summed E-state index contributed by atoms with van der Waals surface area (Å²) in [6.45, 7) is 9.29. The molecule has 1 unspecified atom stereocenters. The average molecular weight is 182 g/mol. The number of hydrogen-bond acceptors (Lipinski definition) is 2. The summed E-state index contributed by atoms with van der Waals surface area (Å²) >= 11 is 0. The predicted octanol–water partition coefficient (Wildman–Crippen LogP) is 1.60. The Bertz CT molecular complexity index is 206. The molecule has 0 radical (unpaired) electrons. The average Bonchev–Trinajstić information content (AvgIpc) is 2.76. The van der Waals surface area contributed by atoms with Gasteiger partial charge >= 0.3 is 0 Å². The molecule has 76 valence electrons. The monoisotopic (exact) mass is 182 g/mol. The van der Waals surface area contributed by atoms with Crippen molar-refractivity contribution in [3.63, 3.8) is 0 Å². The molecule has 0 bridgehead atoms. The van der Waals surface area contributed by atoms with Gasteiger partial charge in [-0.2, -0.15) is 0 Å². The van der Waals surface area contributed by atoms with Gasteiger partial charge in [0.1, 0.15) is 0 Å². The normalized spacial score (nSPS) is 32.8. The summed E-state index contributed by atoms with van der Waals surface area (Å²) in [4.78, 5) is 2.59. The third kappa shape index (κ3) is 1.40. The minimum Gasteiger partial charge on any atom is -0.326 e. The first kappa shape index (κ1) is 9.47. The lowest BCUT2D eigenvalue weighted by atomic mass is 9.99. The highest BCUT2D eigenvalue weighted by Gasteiger charge is 2.55. The number of rotatable bonds is 2. The van der Waals surface area contributed by atoms with Gasteiger partial charge in [-0.05, 0) is 38.5 Å². The van der Waals surface area contributed by atoms with Gasteiger partial charge in [0, 0.05) is 24.7 Å². The molecule has 1 atom stereocenters. The van der Waals surface area contributed by atoms with E-state index in [9.17, 15) is 0 Å². The van der Waals surface area contributed by atoms with E-state index in [2.05, 4.69) is 25.7 Å². The summed E-state index contributed by atoms with van der Waals surface area (Å²) in [6.07, 6.45) is 3.95. The Hall–Kier alpha value is -0.0800. The first-order valence-corrected chi connectivity index (χ1v) is 5.51. The molecule has 1 spiro atoms. The highest BCUT2D eigenvalue weighted by atomic mass is 15.2. The molecule has 0 aromatic heterocycles. The largest absolute Gasteiger partial charge is 0.326 e. The summed E-state index contributed by atoms with van der Waals surface area (Å²) in [5, 5.41) is 0. The summed E-state index contributed by atoms with van der Waals surface area (Å²) in [7, 11) is 0. The third-order valence-corrected chi connectivity index (χ3v) is 4.32. The van der Waals surface area contributed by atoms with Crippen molar-refractivity contribution < 1.29 is 0 Å². The lowest BCUT2D eigenvalue weighted by Crippen LogP contribution is -2.43. The van der Waals surface area contributed by atoms with Crippen LogP contribution in [0.25, 0.3) is 0 Å². The van der Waals surface area contributed by atoms with Crippen molar-refractivity contribution >= 4 is 0 Å². The second-order valence-corrected chi connectivity index (χ2v) is 5.52. The van der Waals surface area contributed by atoms with E-state index in [-0.39, 0.29) is 0 Å². The van der Waals surface area contributed by atoms with E-state index in [1.54, 1.807) is 0 Å². The maximum Gasteiger partial charge on any atom is 0.0237 e. The third-order valence-electron chi connectivity index (χ3n) is 4.32. The van der Waals surface area contributed by atoms with E-state index < -0.39 is 0 Å². The number of likely N-dealkylation sites (tertiary alicyclic amines) is 1. The van der Waals surface area contributed by atoms with Crippen LogP contribution in [0.5, 0.6) is 0 Å². The van der Waals surface area contributed by atoms with Crippen LogP contribution in [-0.2, 0) is 0 Å². The number of nitrogens with zero attached hydrogens (tertiary/aromatic N) is 1. The van der Waals surface area contributed by atoms with Crippen molar-refractivity contribution in [3.05, 3.63) is 0 Å². The SMILES string of the molecule is CCC(C)(C)N1CC(N)C2(CC2)C1. The molecule has 2 rings (SSSR count). The standard InChI is InChI=1S/C11H22N2/c1-4-10(2,3)13-7-9(12)11(8-13)5-6-11/h9H,4-8,12H2,1-3H3. The van der Waals surface area contributed by atoms with Crippen molar-refractivity contribution in [1.82, 2.24) is 4.90 Å². The van der Waals surface area contributed by atoms with Crippen LogP contribution >= 0.6 is 0 Å². The Labute approximate surface area is 81.5 Å². The van der Waals surface area contributed by atoms with Crippen LogP contribution in [0.15, 0.2) is 0 Å². The van der Waals surface area contributed by atoms with Gasteiger partial charge < -0.3 is 5.73 Å². The van der Waals surface area contributed by atoms with Crippen LogP contribution in [0.4, 0.5) is 0 Å². The zero-order valence-corrected chi connectivity index (χ0v) is 9.14. The molecule has 0 aromatic rings. The lowest BCUT2D eigenvalue weighted by molar-refractivity contribution is 0.141. The molecule has 2 N–H and O–H groups in total. The molecule has 1 aliphatic carbocycles. The zero-order chi connectivity index (χ0) is 9.69. The molecule has 1 saturated heterocycles. The molecule has 2 aliphatic rings. The lowest BCUT2D eigenvalue weighted by Gasteiger charge is -2.34. The Balaban J connectivity index is 2.05. The van der Waals surface area contributed by atoms with Gasteiger partial charge in [-0.1, -0.05) is 6.92 Å². The summed E-state index contributed by atoms with van der Waals surface area (Å²) in [5.74, 6) is 0. The second-order valence-electron chi connectivity index (χ2n) is 5.52. The Morgan fingerprint density at radius 3 is 2.46 bits per heavy atom. The van der Waals surface area contributed by atoms with E-state index in [0.717, 1.165) is 6.54 Å². The Morgan fingerprint density at radius 2 is 2.08 bits per heavy atom. The summed E-state index contributed by atoms with van der Waals surface area (Å²) < 4.78 is 0. The van der Waals surface area contributed by atoms with Crippen LogP contribution in [0, 0.1) is 5.41 Å². The highest BCUT2D eigenvalue weighted by molar-refractivity contribution is 5.10. The van der Waals surface area contributed by atoms with Gasteiger partial charge in [-0.25, -0.2) is 0 Å². The fraction of sp³-hybridized carbons (Fsp3) is 1.00. The van der Waals surface area contributed by atoms with Crippen molar-refractivity contribution in [3.8, 4) is 0 Å². The van der Waals surface area contributed by atoms with Crippen LogP contribution in [-0.4, -0.2) is 29.6 Å². The number of hydrogen-bond donors (Lipinski definition) is 1. The van der Waals surface area contributed by atoms with Crippen molar-refractivity contribution in [2.75, 3.05) is 13.1 Å². The molecule has 2 fully saturated rings.